The van der Waals surface area contributed by atoms with Crippen LogP contribution in [0.2, 0.25) is 5.02 Å². The standard InChI is InChI=1S/C13H18ClNO/c1-10-4-3-7-15(8-10)13-11(9-16)5-2-6-12(13)14/h2,5-6,10,16H,3-4,7-9H2,1H3. The van der Waals surface area contributed by atoms with Gasteiger partial charge in [-0.1, -0.05) is 30.7 Å². The van der Waals surface area contributed by atoms with E-state index in [1.165, 1.54) is 12.8 Å². The molecule has 16 heavy (non-hydrogen) atoms. The van der Waals surface area contributed by atoms with Gasteiger partial charge in [-0.05, 0) is 24.8 Å². The first-order chi connectivity index (χ1) is 7.72. The van der Waals surface area contributed by atoms with Gasteiger partial charge in [-0.25, -0.2) is 0 Å². The van der Waals surface area contributed by atoms with Crippen LogP contribution in [-0.4, -0.2) is 18.2 Å². The average molecular weight is 240 g/mol. The quantitative estimate of drug-likeness (QED) is 0.858. The largest absolute Gasteiger partial charge is 0.392 e. The lowest BCUT2D eigenvalue weighted by atomic mass is 9.99. The van der Waals surface area contributed by atoms with Gasteiger partial charge in [-0.2, -0.15) is 0 Å². The van der Waals surface area contributed by atoms with Crippen molar-refractivity contribution in [2.45, 2.75) is 26.4 Å². The number of anilines is 1. The summed E-state index contributed by atoms with van der Waals surface area (Å²) in [4.78, 5) is 2.31. The summed E-state index contributed by atoms with van der Waals surface area (Å²) in [6.45, 7) is 4.40. The second kappa shape index (κ2) is 5.07. The number of aliphatic hydroxyl groups is 1. The number of aliphatic hydroxyl groups excluding tert-OH is 1. The van der Waals surface area contributed by atoms with Crippen molar-refractivity contribution in [3.8, 4) is 0 Å². The summed E-state index contributed by atoms with van der Waals surface area (Å²) < 4.78 is 0. The minimum atomic E-state index is 0.0563. The van der Waals surface area contributed by atoms with Gasteiger partial charge in [-0.15, -0.1) is 0 Å². The van der Waals surface area contributed by atoms with Gasteiger partial charge in [0.05, 0.1) is 17.3 Å². The highest BCUT2D eigenvalue weighted by molar-refractivity contribution is 6.33. The van der Waals surface area contributed by atoms with Gasteiger partial charge in [0.25, 0.3) is 0 Å². The average Bonchev–Trinajstić information content (AvgIpc) is 2.28. The first-order valence-corrected chi connectivity index (χ1v) is 6.23. The number of halogens is 1. The van der Waals surface area contributed by atoms with Crippen LogP contribution in [0, 0.1) is 5.92 Å². The lowest BCUT2D eigenvalue weighted by molar-refractivity contribution is 0.281. The van der Waals surface area contributed by atoms with E-state index in [-0.39, 0.29) is 6.61 Å². The zero-order valence-electron chi connectivity index (χ0n) is 9.62. The van der Waals surface area contributed by atoms with Crippen LogP contribution in [0.5, 0.6) is 0 Å². The van der Waals surface area contributed by atoms with Crippen LogP contribution >= 0.6 is 11.6 Å². The second-order valence-electron chi connectivity index (χ2n) is 4.60. The maximum atomic E-state index is 9.35. The predicted molar refractivity (Wildman–Crippen MR) is 68.0 cm³/mol. The molecule has 0 aliphatic carbocycles. The number of rotatable bonds is 2. The van der Waals surface area contributed by atoms with E-state index < -0.39 is 0 Å². The highest BCUT2D eigenvalue weighted by Gasteiger charge is 2.20. The summed E-state index contributed by atoms with van der Waals surface area (Å²) in [6.07, 6.45) is 2.49. The third kappa shape index (κ3) is 2.33. The SMILES string of the molecule is CC1CCCN(c2c(Cl)cccc2CO)C1. The summed E-state index contributed by atoms with van der Waals surface area (Å²) in [7, 11) is 0. The Hall–Kier alpha value is -0.730. The van der Waals surface area contributed by atoms with Crippen molar-refractivity contribution < 1.29 is 5.11 Å². The number of piperidine rings is 1. The molecule has 1 atom stereocenters. The lowest BCUT2D eigenvalue weighted by Gasteiger charge is -2.34. The van der Waals surface area contributed by atoms with Gasteiger partial charge in [-0.3, -0.25) is 0 Å². The molecule has 0 aromatic heterocycles. The van der Waals surface area contributed by atoms with Gasteiger partial charge in [0.15, 0.2) is 0 Å². The van der Waals surface area contributed by atoms with Crippen LogP contribution in [-0.2, 0) is 6.61 Å². The van der Waals surface area contributed by atoms with Crippen molar-refractivity contribution >= 4 is 17.3 Å². The molecular weight excluding hydrogens is 222 g/mol. The Morgan fingerprint density at radius 1 is 1.50 bits per heavy atom. The van der Waals surface area contributed by atoms with E-state index in [1.807, 2.05) is 18.2 Å². The summed E-state index contributed by atoms with van der Waals surface area (Å²) in [6, 6.07) is 5.74. The van der Waals surface area contributed by atoms with Crippen LogP contribution in [0.15, 0.2) is 18.2 Å². The maximum absolute atomic E-state index is 9.35. The summed E-state index contributed by atoms with van der Waals surface area (Å²) >= 11 is 6.24. The van der Waals surface area contributed by atoms with Crippen LogP contribution in [0.4, 0.5) is 5.69 Å². The number of benzene rings is 1. The van der Waals surface area contributed by atoms with Crippen molar-refractivity contribution in [1.29, 1.82) is 0 Å². The van der Waals surface area contributed by atoms with E-state index >= 15 is 0 Å². The van der Waals surface area contributed by atoms with Gasteiger partial charge < -0.3 is 10.0 Å². The van der Waals surface area contributed by atoms with E-state index in [0.717, 1.165) is 29.4 Å². The molecule has 1 N–H and O–H groups in total. The molecule has 3 heteroatoms. The smallest absolute Gasteiger partial charge is 0.0702 e. The molecule has 1 fully saturated rings. The second-order valence-corrected chi connectivity index (χ2v) is 5.01. The molecule has 88 valence electrons. The molecule has 1 unspecified atom stereocenters. The molecule has 1 aromatic rings. The highest BCUT2D eigenvalue weighted by Crippen LogP contribution is 2.33. The molecule has 1 aliphatic rings. The predicted octanol–water partition coefficient (Wildman–Crippen LogP) is 3.07. The first-order valence-electron chi connectivity index (χ1n) is 5.85. The summed E-state index contributed by atoms with van der Waals surface area (Å²) in [5.41, 5.74) is 1.96. The van der Waals surface area contributed by atoms with Crippen LogP contribution in [0.25, 0.3) is 0 Å². The minimum Gasteiger partial charge on any atom is -0.392 e. The molecular formula is C13H18ClNO. The van der Waals surface area contributed by atoms with E-state index in [0.29, 0.717) is 5.92 Å². The zero-order chi connectivity index (χ0) is 11.5. The molecule has 0 spiro atoms. The molecule has 1 heterocycles. The Balaban J connectivity index is 2.30. The lowest BCUT2D eigenvalue weighted by Crippen LogP contribution is -2.35. The number of hydrogen-bond donors (Lipinski definition) is 1. The summed E-state index contributed by atoms with van der Waals surface area (Å²) in [5.74, 6) is 0.705. The fourth-order valence-electron chi connectivity index (χ4n) is 2.43. The van der Waals surface area contributed by atoms with Crippen molar-refractivity contribution in [2.75, 3.05) is 18.0 Å². The Morgan fingerprint density at radius 2 is 2.31 bits per heavy atom. The fraction of sp³-hybridized carbons (Fsp3) is 0.538. The fourth-order valence-corrected chi connectivity index (χ4v) is 2.75. The molecule has 2 rings (SSSR count). The van der Waals surface area contributed by atoms with Crippen molar-refractivity contribution in [3.63, 3.8) is 0 Å². The van der Waals surface area contributed by atoms with Gasteiger partial charge in [0.2, 0.25) is 0 Å². The molecule has 0 bridgehead atoms. The molecule has 0 radical (unpaired) electrons. The van der Waals surface area contributed by atoms with E-state index in [1.54, 1.807) is 0 Å². The highest BCUT2D eigenvalue weighted by atomic mass is 35.5. The Bertz CT molecular complexity index is 367. The molecule has 1 aromatic carbocycles. The van der Waals surface area contributed by atoms with Crippen LogP contribution < -0.4 is 4.90 Å². The van der Waals surface area contributed by atoms with Gasteiger partial charge in [0.1, 0.15) is 0 Å². The topological polar surface area (TPSA) is 23.5 Å². The molecule has 0 amide bonds. The normalized spacial score (nSPS) is 21.2. The number of hydrogen-bond acceptors (Lipinski definition) is 2. The van der Waals surface area contributed by atoms with Crippen molar-refractivity contribution in [1.82, 2.24) is 0 Å². The van der Waals surface area contributed by atoms with E-state index in [2.05, 4.69) is 11.8 Å². The zero-order valence-corrected chi connectivity index (χ0v) is 10.4. The molecule has 0 saturated carbocycles. The monoisotopic (exact) mass is 239 g/mol. The van der Waals surface area contributed by atoms with E-state index in [9.17, 15) is 5.11 Å². The Morgan fingerprint density at radius 3 is 3.00 bits per heavy atom. The third-order valence-electron chi connectivity index (χ3n) is 3.21. The summed E-state index contributed by atoms with van der Waals surface area (Å²) in [5, 5.41) is 10.1. The van der Waals surface area contributed by atoms with E-state index in [4.69, 9.17) is 11.6 Å². The number of para-hydroxylation sites is 1. The number of nitrogens with zero attached hydrogens (tertiary/aromatic N) is 1. The van der Waals surface area contributed by atoms with Gasteiger partial charge in [0, 0.05) is 18.7 Å². The third-order valence-corrected chi connectivity index (χ3v) is 3.52. The van der Waals surface area contributed by atoms with Crippen molar-refractivity contribution in [2.24, 2.45) is 5.92 Å². The molecule has 1 saturated heterocycles. The Kier molecular flexibility index (Phi) is 3.72. The molecule has 1 aliphatic heterocycles. The molecule has 2 nitrogen and oxygen atoms in total. The van der Waals surface area contributed by atoms with Crippen molar-refractivity contribution in [3.05, 3.63) is 28.8 Å². The maximum Gasteiger partial charge on any atom is 0.0702 e. The first kappa shape index (κ1) is 11.7. The minimum absolute atomic E-state index is 0.0563. The van der Waals surface area contributed by atoms with Crippen LogP contribution in [0.1, 0.15) is 25.3 Å². The Labute approximate surface area is 102 Å². The van der Waals surface area contributed by atoms with Gasteiger partial charge >= 0.3 is 0 Å². The van der Waals surface area contributed by atoms with Crippen LogP contribution in [0.3, 0.4) is 0 Å².